The second-order valence-electron chi connectivity index (χ2n) is 6.19. The van der Waals surface area contributed by atoms with E-state index in [9.17, 15) is 18.0 Å². The predicted molar refractivity (Wildman–Crippen MR) is 99.3 cm³/mol. The number of sulfone groups is 1. The van der Waals surface area contributed by atoms with Crippen LogP contribution in [0.2, 0.25) is 0 Å². The highest BCUT2D eigenvalue weighted by atomic mass is 32.2. The number of ether oxygens (including phenoxy) is 1. The second-order valence-corrected chi connectivity index (χ2v) is 8.42. The lowest BCUT2D eigenvalue weighted by atomic mass is 10.2. The number of nitrogens with one attached hydrogen (secondary N) is 1. The molecule has 0 radical (unpaired) electrons. The number of nitrogens with zero attached hydrogens (tertiary/aromatic N) is 1. The molecule has 3 rings (SSSR count). The minimum Gasteiger partial charge on any atom is -0.497 e. The van der Waals surface area contributed by atoms with Gasteiger partial charge in [-0.25, -0.2) is 8.42 Å². The van der Waals surface area contributed by atoms with Crippen molar-refractivity contribution in [2.24, 2.45) is 0 Å². The van der Waals surface area contributed by atoms with Crippen LogP contribution in [0.5, 0.6) is 5.75 Å². The van der Waals surface area contributed by atoms with Gasteiger partial charge in [0, 0.05) is 18.7 Å². The van der Waals surface area contributed by atoms with Crippen LogP contribution in [0.1, 0.15) is 10.4 Å². The second kappa shape index (κ2) is 7.79. The summed E-state index contributed by atoms with van der Waals surface area (Å²) in [6.07, 6.45) is 0. The van der Waals surface area contributed by atoms with Crippen molar-refractivity contribution >= 4 is 21.7 Å². The van der Waals surface area contributed by atoms with E-state index in [-0.39, 0.29) is 36.3 Å². The van der Waals surface area contributed by atoms with Crippen molar-refractivity contribution in [3.63, 3.8) is 0 Å². The fourth-order valence-corrected chi connectivity index (χ4v) is 4.41. The quantitative estimate of drug-likeness (QED) is 0.800. The third-order valence-electron chi connectivity index (χ3n) is 4.46. The van der Waals surface area contributed by atoms with Gasteiger partial charge < -0.3 is 15.0 Å². The molecule has 2 amide bonds. The summed E-state index contributed by atoms with van der Waals surface area (Å²) in [5.74, 6) is -0.0686. The first-order valence-corrected chi connectivity index (χ1v) is 9.95. The summed E-state index contributed by atoms with van der Waals surface area (Å²) in [5, 5.41) is 1.91. The molecule has 142 valence electrons. The Hall–Kier alpha value is -2.87. The van der Waals surface area contributed by atoms with E-state index in [1.54, 1.807) is 42.5 Å². The monoisotopic (exact) mass is 388 g/mol. The molecule has 2 aromatic rings. The van der Waals surface area contributed by atoms with Gasteiger partial charge in [-0.2, -0.15) is 0 Å². The summed E-state index contributed by atoms with van der Waals surface area (Å²) >= 11 is 0. The molecule has 1 aliphatic heterocycles. The van der Waals surface area contributed by atoms with Gasteiger partial charge >= 0.3 is 0 Å². The normalized spacial score (nSPS) is 14.3. The number of hydrogen-bond donors (Lipinski definition) is 1. The summed E-state index contributed by atoms with van der Waals surface area (Å²) < 4.78 is 30.2. The Morgan fingerprint density at radius 1 is 1.07 bits per heavy atom. The Bertz CT molecular complexity index is 920. The van der Waals surface area contributed by atoms with E-state index in [1.807, 2.05) is 0 Å². The van der Waals surface area contributed by atoms with E-state index in [1.165, 1.54) is 24.1 Å². The molecule has 1 aliphatic rings. The molecule has 1 saturated heterocycles. The Labute approximate surface area is 157 Å². The Morgan fingerprint density at radius 3 is 2.30 bits per heavy atom. The molecule has 0 saturated carbocycles. The molecule has 1 fully saturated rings. The van der Waals surface area contributed by atoms with Crippen LogP contribution < -0.4 is 10.1 Å². The van der Waals surface area contributed by atoms with Gasteiger partial charge in [-0.1, -0.05) is 18.2 Å². The Morgan fingerprint density at radius 2 is 1.70 bits per heavy atom. The van der Waals surface area contributed by atoms with Crippen molar-refractivity contribution in [1.82, 2.24) is 10.2 Å². The molecule has 7 nitrogen and oxygen atoms in total. The number of likely N-dealkylation sites (tertiary alicyclic amines) is 1. The maximum Gasteiger partial charge on any atom is 0.251 e. The van der Waals surface area contributed by atoms with Crippen LogP contribution in [-0.4, -0.2) is 57.1 Å². The van der Waals surface area contributed by atoms with Crippen molar-refractivity contribution < 1.29 is 22.7 Å². The van der Waals surface area contributed by atoms with Crippen LogP contribution >= 0.6 is 0 Å². The molecular formula is C19H20N2O5S. The van der Waals surface area contributed by atoms with Crippen LogP contribution in [0.4, 0.5) is 0 Å². The van der Waals surface area contributed by atoms with E-state index in [0.29, 0.717) is 11.3 Å². The number of hydrogen-bond acceptors (Lipinski definition) is 5. The number of amides is 2. The summed E-state index contributed by atoms with van der Waals surface area (Å²) in [4.78, 5) is 25.7. The molecule has 0 aliphatic carbocycles. The smallest absolute Gasteiger partial charge is 0.251 e. The summed E-state index contributed by atoms with van der Waals surface area (Å²) in [6.45, 7) is 0.0752. The first-order chi connectivity index (χ1) is 12.9. The van der Waals surface area contributed by atoms with Gasteiger partial charge in [0.25, 0.3) is 5.91 Å². The average molecular weight is 388 g/mol. The molecule has 27 heavy (non-hydrogen) atoms. The van der Waals surface area contributed by atoms with E-state index >= 15 is 0 Å². The zero-order chi connectivity index (χ0) is 19.4. The van der Waals surface area contributed by atoms with Crippen LogP contribution in [0.25, 0.3) is 0 Å². The van der Waals surface area contributed by atoms with Gasteiger partial charge in [-0.3, -0.25) is 9.59 Å². The summed E-state index contributed by atoms with van der Waals surface area (Å²) in [7, 11) is -2.00. The Kier molecular flexibility index (Phi) is 5.46. The minimum atomic E-state index is -3.50. The third-order valence-corrected chi connectivity index (χ3v) is 6.57. The third kappa shape index (κ3) is 4.11. The molecule has 1 N–H and O–H groups in total. The van der Waals surface area contributed by atoms with Crippen molar-refractivity contribution in [1.29, 1.82) is 0 Å². The molecule has 0 bridgehead atoms. The van der Waals surface area contributed by atoms with Gasteiger partial charge in [0.05, 0.1) is 18.6 Å². The van der Waals surface area contributed by atoms with Gasteiger partial charge in [-0.15, -0.1) is 0 Å². The van der Waals surface area contributed by atoms with E-state index in [4.69, 9.17) is 4.74 Å². The molecule has 0 aromatic heterocycles. The van der Waals surface area contributed by atoms with Crippen molar-refractivity contribution in [3.05, 3.63) is 60.2 Å². The van der Waals surface area contributed by atoms with Crippen LogP contribution in [0.3, 0.4) is 0 Å². The van der Waals surface area contributed by atoms with Gasteiger partial charge in [0.15, 0.2) is 9.84 Å². The average Bonchev–Trinajstić information content (AvgIpc) is 2.65. The molecule has 0 unspecified atom stereocenters. The number of carbonyl (C=O) groups excluding carboxylic acids is 2. The minimum absolute atomic E-state index is 0.119. The molecule has 1 heterocycles. The van der Waals surface area contributed by atoms with E-state index < -0.39 is 15.1 Å². The first kappa shape index (κ1) is 18.9. The van der Waals surface area contributed by atoms with E-state index in [0.717, 1.165) is 0 Å². The predicted octanol–water partition coefficient (Wildman–Crippen LogP) is 1.11. The SMILES string of the molecule is COc1ccc(S(=O)(=O)C2CN(C(=O)CNC(=O)c3ccccc3)C2)cc1. The fourth-order valence-electron chi connectivity index (χ4n) is 2.76. The summed E-state index contributed by atoms with van der Waals surface area (Å²) in [6, 6.07) is 14.8. The standard InChI is InChI=1S/C19H20N2O5S/c1-26-15-7-9-16(10-8-15)27(24,25)17-12-21(13-17)18(22)11-20-19(23)14-5-3-2-4-6-14/h2-10,17H,11-13H2,1H3,(H,20,23). The summed E-state index contributed by atoms with van der Waals surface area (Å²) in [5.41, 5.74) is 0.467. The van der Waals surface area contributed by atoms with Crippen molar-refractivity contribution in [2.75, 3.05) is 26.7 Å². The molecule has 2 aromatic carbocycles. The number of methoxy groups -OCH3 is 1. The molecule has 8 heteroatoms. The van der Waals surface area contributed by atoms with Crippen molar-refractivity contribution in [3.8, 4) is 5.75 Å². The van der Waals surface area contributed by atoms with Gasteiger partial charge in [-0.05, 0) is 36.4 Å². The first-order valence-electron chi connectivity index (χ1n) is 8.41. The maximum atomic E-state index is 12.6. The van der Waals surface area contributed by atoms with Gasteiger partial charge in [0.2, 0.25) is 5.91 Å². The fraction of sp³-hybridized carbons (Fsp3) is 0.263. The zero-order valence-electron chi connectivity index (χ0n) is 14.8. The van der Waals surface area contributed by atoms with Crippen molar-refractivity contribution in [2.45, 2.75) is 10.1 Å². The molecule has 0 atom stereocenters. The van der Waals surface area contributed by atoms with Crippen LogP contribution in [0.15, 0.2) is 59.5 Å². The maximum absolute atomic E-state index is 12.6. The highest BCUT2D eigenvalue weighted by molar-refractivity contribution is 7.92. The van der Waals surface area contributed by atoms with E-state index in [2.05, 4.69) is 5.32 Å². The number of rotatable bonds is 6. The topological polar surface area (TPSA) is 92.8 Å². The number of benzene rings is 2. The highest BCUT2D eigenvalue weighted by Crippen LogP contribution is 2.25. The largest absolute Gasteiger partial charge is 0.497 e. The molecular weight excluding hydrogens is 368 g/mol. The molecule has 0 spiro atoms. The lowest BCUT2D eigenvalue weighted by Crippen LogP contribution is -2.58. The zero-order valence-corrected chi connectivity index (χ0v) is 15.6. The Balaban J connectivity index is 1.52. The highest BCUT2D eigenvalue weighted by Gasteiger charge is 2.40. The van der Waals surface area contributed by atoms with Crippen LogP contribution in [-0.2, 0) is 14.6 Å². The lowest BCUT2D eigenvalue weighted by molar-refractivity contribution is -0.133. The lowest BCUT2D eigenvalue weighted by Gasteiger charge is -2.38. The number of carbonyl (C=O) groups is 2. The van der Waals surface area contributed by atoms with Gasteiger partial charge in [0.1, 0.15) is 11.0 Å². The van der Waals surface area contributed by atoms with Crippen LogP contribution in [0, 0.1) is 0 Å².